The normalized spacial score (nSPS) is 19.5. The number of hydrogen-bond acceptors (Lipinski definition) is 4. The Bertz CT molecular complexity index is 397. The summed E-state index contributed by atoms with van der Waals surface area (Å²) in [6.07, 6.45) is 3.36. The van der Waals surface area contributed by atoms with E-state index in [1.54, 1.807) is 12.4 Å². The third-order valence-electron chi connectivity index (χ3n) is 2.54. The number of rotatable bonds is 3. The molecule has 1 aliphatic heterocycles. The predicted molar refractivity (Wildman–Crippen MR) is 60.9 cm³/mol. The minimum Gasteiger partial charge on any atom is -0.353 e. The van der Waals surface area contributed by atoms with Crippen LogP contribution >= 0.6 is 0 Å². The molecule has 0 bridgehead atoms. The molecule has 6 nitrogen and oxygen atoms in total. The van der Waals surface area contributed by atoms with E-state index < -0.39 is 0 Å². The van der Waals surface area contributed by atoms with E-state index in [2.05, 4.69) is 20.9 Å². The maximum atomic E-state index is 11.7. The first kappa shape index (κ1) is 11.5. The van der Waals surface area contributed by atoms with Crippen molar-refractivity contribution in [2.24, 2.45) is 0 Å². The highest BCUT2D eigenvalue weighted by Gasteiger charge is 2.23. The van der Waals surface area contributed by atoms with Crippen LogP contribution in [0.1, 0.15) is 5.56 Å². The van der Waals surface area contributed by atoms with Gasteiger partial charge in [0, 0.05) is 25.5 Å². The van der Waals surface area contributed by atoms with Gasteiger partial charge in [-0.15, -0.1) is 0 Å². The summed E-state index contributed by atoms with van der Waals surface area (Å²) in [6, 6.07) is 3.33. The molecule has 0 aromatic carbocycles. The summed E-state index contributed by atoms with van der Waals surface area (Å²) >= 11 is 0. The topological polar surface area (TPSA) is 83.1 Å². The SMILES string of the molecule is O=C1CNC(C(=O)NCc2ccncc2)CN1. The molecule has 2 heterocycles. The molecule has 1 aromatic rings. The first-order valence-corrected chi connectivity index (χ1v) is 5.42. The van der Waals surface area contributed by atoms with Crippen LogP contribution < -0.4 is 16.0 Å². The van der Waals surface area contributed by atoms with Crippen LogP contribution in [-0.2, 0) is 16.1 Å². The summed E-state index contributed by atoms with van der Waals surface area (Å²) in [7, 11) is 0. The molecule has 0 spiro atoms. The van der Waals surface area contributed by atoms with Crippen molar-refractivity contribution < 1.29 is 9.59 Å². The molecule has 3 N–H and O–H groups in total. The van der Waals surface area contributed by atoms with Gasteiger partial charge in [0.2, 0.25) is 11.8 Å². The zero-order chi connectivity index (χ0) is 12.1. The molecule has 1 saturated heterocycles. The maximum absolute atomic E-state index is 11.7. The Kier molecular flexibility index (Phi) is 3.66. The average Bonchev–Trinajstić information content (AvgIpc) is 2.38. The highest BCUT2D eigenvalue weighted by Crippen LogP contribution is 1.96. The molecule has 0 aliphatic carbocycles. The smallest absolute Gasteiger partial charge is 0.239 e. The van der Waals surface area contributed by atoms with E-state index in [4.69, 9.17) is 0 Å². The van der Waals surface area contributed by atoms with Gasteiger partial charge >= 0.3 is 0 Å². The van der Waals surface area contributed by atoms with Crippen LogP contribution in [0.4, 0.5) is 0 Å². The molecule has 2 rings (SSSR count). The zero-order valence-electron chi connectivity index (χ0n) is 9.27. The van der Waals surface area contributed by atoms with Crippen LogP contribution in [0.25, 0.3) is 0 Å². The van der Waals surface area contributed by atoms with Crippen molar-refractivity contribution >= 4 is 11.8 Å². The average molecular weight is 234 g/mol. The predicted octanol–water partition coefficient (Wildman–Crippen LogP) is -1.21. The molecule has 90 valence electrons. The van der Waals surface area contributed by atoms with Gasteiger partial charge in [-0.1, -0.05) is 0 Å². The molecule has 1 fully saturated rings. The number of aromatic nitrogens is 1. The molecule has 6 heteroatoms. The lowest BCUT2D eigenvalue weighted by atomic mass is 10.2. The van der Waals surface area contributed by atoms with Crippen molar-refractivity contribution in [1.29, 1.82) is 0 Å². The summed E-state index contributed by atoms with van der Waals surface area (Å²) < 4.78 is 0. The monoisotopic (exact) mass is 234 g/mol. The Morgan fingerprint density at radius 1 is 1.47 bits per heavy atom. The van der Waals surface area contributed by atoms with E-state index in [0.29, 0.717) is 13.1 Å². The second kappa shape index (κ2) is 5.40. The first-order chi connectivity index (χ1) is 8.25. The molecule has 0 radical (unpaired) electrons. The molecule has 1 atom stereocenters. The van der Waals surface area contributed by atoms with Crippen LogP contribution in [0.3, 0.4) is 0 Å². The largest absolute Gasteiger partial charge is 0.353 e. The van der Waals surface area contributed by atoms with E-state index in [1.165, 1.54) is 0 Å². The molecule has 1 aromatic heterocycles. The number of carbonyl (C=O) groups excluding carboxylic acids is 2. The van der Waals surface area contributed by atoms with E-state index >= 15 is 0 Å². The molecule has 0 saturated carbocycles. The van der Waals surface area contributed by atoms with E-state index in [0.717, 1.165) is 5.56 Å². The van der Waals surface area contributed by atoms with Crippen molar-refractivity contribution in [2.75, 3.05) is 13.1 Å². The highest BCUT2D eigenvalue weighted by atomic mass is 16.2. The minimum absolute atomic E-state index is 0.0804. The Morgan fingerprint density at radius 2 is 2.24 bits per heavy atom. The second-order valence-electron chi connectivity index (χ2n) is 3.81. The zero-order valence-corrected chi connectivity index (χ0v) is 9.27. The van der Waals surface area contributed by atoms with Gasteiger partial charge in [-0.05, 0) is 17.7 Å². The van der Waals surface area contributed by atoms with E-state index in [1.807, 2.05) is 12.1 Å². The molecule has 2 amide bonds. The summed E-state index contributed by atoms with van der Waals surface area (Å²) in [5, 5.41) is 8.31. The molecular weight excluding hydrogens is 220 g/mol. The lowest BCUT2D eigenvalue weighted by Gasteiger charge is -2.23. The van der Waals surface area contributed by atoms with Crippen LogP contribution in [0.15, 0.2) is 24.5 Å². The summed E-state index contributed by atoms with van der Waals surface area (Å²) in [4.78, 5) is 26.5. The fraction of sp³-hybridized carbons (Fsp3) is 0.364. The Hall–Kier alpha value is -1.95. The minimum atomic E-state index is -0.352. The number of pyridine rings is 1. The first-order valence-electron chi connectivity index (χ1n) is 5.42. The number of nitrogens with one attached hydrogen (secondary N) is 3. The van der Waals surface area contributed by atoms with Crippen LogP contribution in [0.2, 0.25) is 0 Å². The van der Waals surface area contributed by atoms with Crippen LogP contribution in [0, 0.1) is 0 Å². The van der Waals surface area contributed by atoms with Crippen molar-refractivity contribution in [1.82, 2.24) is 20.9 Å². The molecule has 1 aliphatic rings. The Labute approximate surface area is 98.8 Å². The second-order valence-corrected chi connectivity index (χ2v) is 3.81. The van der Waals surface area contributed by atoms with Crippen LogP contribution in [-0.4, -0.2) is 35.9 Å². The van der Waals surface area contributed by atoms with E-state index in [-0.39, 0.29) is 24.4 Å². The summed E-state index contributed by atoms with van der Waals surface area (Å²) in [5.74, 6) is -0.190. The van der Waals surface area contributed by atoms with Crippen molar-refractivity contribution in [3.05, 3.63) is 30.1 Å². The summed E-state index contributed by atoms with van der Waals surface area (Å²) in [6.45, 7) is 0.988. The number of carbonyl (C=O) groups is 2. The summed E-state index contributed by atoms with van der Waals surface area (Å²) in [5.41, 5.74) is 0.994. The number of piperazine rings is 1. The lowest BCUT2D eigenvalue weighted by Crippen LogP contribution is -2.57. The van der Waals surface area contributed by atoms with Gasteiger partial charge in [0.25, 0.3) is 0 Å². The standard InChI is InChI=1S/C11H14N4O2/c16-10-7-13-9(6-14-10)11(17)15-5-8-1-3-12-4-2-8/h1-4,9,13H,5-7H2,(H,14,16)(H,15,17). The third-order valence-corrected chi connectivity index (χ3v) is 2.54. The van der Waals surface area contributed by atoms with Crippen molar-refractivity contribution in [2.45, 2.75) is 12.6 Å². The maximum Gasteiger partial charge on any atom is 0.239 e. The highest BCUT2D eigenvalue weighted by molar-refractivity contribution is 5.86. The molecule has 17 heavy (non-hydrogen) atoms. The van der Waals surface area contributed by atoms with Crippen molar-refractivity contribution in [3.8, 4) is 0 Å². The Morgan fingerprint density at radius 3 is 2.88 bits per heavy atom. The fourth-order valence-corrected chi connectivity index (χ4v) is 1.56. The lowest BCUT2D eigenvalue weighted by molar-refractivity contribution is -0.126. The van der Waals surface area contributed by atoms with Gasteiger partial charge < -0.3 is 10.6 Å². The fourth-order valence-electron chi connectivity index (χ4n) is 1.56. The number of hydrogen-bond donors (Lipinski definition) is 3. The molecule has 1 unspecified atom stereocenters. The van der Waals surface area contributed by atoms with Gasteiger partial charge in [0.05, 0.1) is 6.54 Å². The van der Waals surface area contributed by atoms with E-state index in [9.17, 15) is 9.59 Å². The quantitative estimate of drug-likeness (QED) is 0.612. The van der Waals surface area contributed by atoms with Gasteiger partial charge in [0.1, 0.15) is 6.04 Å². The number of amides is 2. The van der Waals surface area contributed by atoms with Crippen molar-refractivity contribution in [3.63, 3.8) is 0 Å². The molecular formula is C11H14N4O2. The Balaban J connectivity index is 1.80. The number of nitrogens with zero attached hydrogens (tertiary/aromatic N) is 1. The third kappa shape index (κ3) is 3.25. The van der Waals surface area contributed by atoms with Gasteiger partial charge in [0.15, 0.2) is 0 Å². The van der Waals surface area contributed by atoms with Gasteiger partial charge in [-0.25, -0.2) is 0 Å². The van der Waals surface area contributed by atoms with Gasteiger partial charge in [-0.3, -0.25) is 19.9 Å². The van der Waals surface area contributed by atoms with Crippen LogP contribution in [0.5, 0.6) is 0 Å². The van der Waals surface area contributed by atoms with Gasteiger partial charge in [-0.2, -0.15) is 0 Å².